The molecule has 1 nitrogen and oxygen atoms in total. The van der Waals surface area contributed by atoms with Gasteiger partial charge in [-0.05, 0) is 97.9 Å². The van der Waals surface area contributed by atoms with E-state index in [9.17, 15) is 0 Å². The highest BCUT2D eigenvalue weighted by molar-refractivity contribution is 7.25. The molecule has 0 aliphatic heterocycles. The van der Waals surface area contributed by atoms with Gasteiger partial charge in [-0.15, -0.1) is 11.3 Å². The molecule has 0 atom stereocenters. The maximum atomic E-state index is 4.37. The van der Waals surface area contributed by atoms with Gasteiger partial charge >= 0.3 is 0 Å². The molecule has 49 heavy (non-hydrogen) atoms. The lowest BCUT2D eigenvalue weighted by Gasteiger charge is -2.26. The monoisotopic (exact) mass is 643 g/mol. The molecule has 2 heteroatoms. The minimum absolute atomic E-state index is 0.965. The van der Waals surface area contributed by atoms with E-state index >= 15 is 0 Å². The van der Waals surface area contributed by atoms with Crippen LogP contribution in [0.3, 0.4) is 0 Å². The molecule has 0 unspecified atom stereocenters. The Morgan fingerprint density at radius 2 is 1.22 bits per heavy atom. The highest BCUT2D eigenvalue weighted by Crippen LogP contribution is 2.42. The van der Waals surface area contributed by atoms with Crippen LogP contribution in [0.2, 0.25) is 0 Å². The fraction of sp³-hybridized carbons (Fsp3) is 0.0213. The van der Waals surface area contributed by atoms with Gasteiger partial charge in [-0.1, -0.05) is 140 Å². The van der Waals surface area contributed by atoms with E-state index in [-0.39, 0.29) is 0 Å². The standard InChI is InChI=1S/C47H33NS/c1-32(10-9-13-33-11-3-2-4-12-33)34-18-22-37(23-19-34)48(39-25-29-45-44-16-7-8-17-46(44)49-47(45)31-39)38-24-28-41-36(30-38)21-27-42-40-15-6-5-14-35(40)20-26-43(41)42/h2-11,13-31H,1,12H2/b10-9-,33-13-. The average Bonchev–Trinajstić information content (AvgIpc) is 3.53. The van der Waals surface area contributed by atoms with Crippen molar-refractivity contribution in [2.24, 2.45) is 0 Å². The summed E-state index contributed by atoms with van der Waals surface area (Å²) in [5, 5.41) is 10.2. The lowest BCUT2D eigenvalue weighted by Crippen LogP contribution is -2.09. The van der Waals surface area contributed by atoms with Crippen LogP contribution in [-0.2, 0) is 0 Å². The van der Waals surface area contributed by atoms with Gasteiger partial charge in [0.2, 0.25) is 0 Å². The molecule has 232 valence electrons. The first-order valence-electron chi connectivity index (χ1n) is 16.8. The molecule has 0 saturated heterocycles. The largest absolute Gasteiger partial charge is 0.310 e. The molecule has 0 amide bonds. The third-order valence-electron chi connectivity index (χ3n) is 9.62. The molecule has 0 spiro atoms. The summed E-state index contributed by atoms with van der Waals surface area (Å²) in [6, 6.07) is 49.0. The van der Waals surface area contributed by atoms with Crippen molar-refractivity contribution in [3.05, 3.63) is 194 Å². The van der Waals surface area contributed by atoms with E-state index in [1.807, 2.05) is 11.3 Å². The Kier molecular flexibility index (Phi) is 7.30. The molecule has 1 heterocycles. The molecule has 1 aliphatic carbocycles. The van der Waals surface area contributed by atoms with Gasteiger partial charge in [-0.3, -0.25) is 0 Å². The van der Waals surface area contributed by atoms with Crippen LogP contribution in [0.5, 0.6) is 0 Å². The minimum Gasteiger partial charge on any atom is -0.310 e. The van der Waals surface area contributed by atoms with E-state index in [4.69, 9.17) is 0 Å². The third kappa shape index (κ3) is 5.37. The summed E-state index contributed by atoms with van der Waals surface area (Å²) < 4.78 is 2.60. The van der Waals surface area contributed by atoms with Crippen molar-refractivity contribution in [2.75, 3.05) is 4.90 Å². The SMILES string of the molecule is C=C(/C=C\C=C1\C=CC=CC1)c1ccc(N(c2ccc3c(ccc4c5ccccc5ccc34)c2)c2ccc3c(c2)sc2ccccc23)cc1. The molecule has 0 bridgehead atoms. The third-order valence-corrected chi connectivity index (χ3v) is 10.8. The molecule has 9 rings (SSSR count). The number of hydrogen-bond donors (Lipinski definition) is 0. The number of fused-ring (bicyclic) bond motifs is 8. The van der Waals surface area contributed by atoms with Crippen molar-refractivity contribution in [1.82, 2.24) is 0 Å². The van der Waals surface area contributed by atoms with Crippen LogP contribution >= 0.6 is 11.3 Å². The van der Waals surface area contributed by atoms with Gasteiger partial charge in [0.05, 0.1) is 0 Å². The molecule has 1 aliphatic rings. The molecule has 0 saturated carbocycles. The highest BCUT2D eigenvalue weighted by Gasteiger charge is 2.16. The van der Waals surface area contributed by atoms with Gasteiger partial charge in [0.1, 0.15) is 0 Å². The first kappa shape index (κ1) is 29.2. The zero-order chi connectivity index (χ0) is 32.7. The highest BCUT2D eigenvalue weighted by atomic mass is 32.1. The number of allylic oxidation sites excluding steroid dienone is 9. The second-order valence-electron chi connectivity index (χ2n) is 12.6. The summed E-state index contributed by atoms with van der Waals surface area (Å²) in [5.41, 5.74) is 6.76. The van der Waals surface area contributed by atoms with Crippen LogP contribution < -0.4 is 4.90 Å². The normalized spacial score (nSPS) is 13.9. The molecule has 1 aromatic heterocycles. The van der Waals surface area contributed by atoms with Crippen LogP contribution in [0.25, 0.3) is 58.1 Å². The van der Waals surface area contributed by atoms with Crippen molar-refractivity contribution < 1.29 is 0 Å². The van der Waals surface area contributed by atoms with E-state index in [1.165, 1.54) is 58.1 Å². The van der Waals surface area contributed by atoms with Crippen molar-refractivity contribution >= 4 is 86.5 Å². The zero-order valence-electron chi connectivity index (χ0n) is 27.0. The number of hydrogen-bond acceptors (Lipinski definition) is 2. The maximum absolute atomic E-state index is 4.37. The Bertz CT molecular complexity index is 2700. The summed E-state index contributed by atoms with van der Waals surface area (Å²) in [5.74, 6) is 0. The molecule has 0 radical (unpaired) electrons. The van der Waals surface area contributed by atoms with Crippen molar-refractivity contribution in [3.63, 3.8) is 0 Å². The summed E-state index contributed by atoms with van der Waals surface area (Å²) in [4.78, 5) is 2.38. The Morgan fingerprint density at radius 1 is 0.571 bits per heavy atom. The Morgan fingerprint density at radius 3 is 2.04 bits per heavy atom. The van der Waals surface area contributed by atoms with E-state index in [0.717, 1.165) is 34.6 Å². The van der Waals surface area contributed by atoms with Crippen LogP contribution in [-0.4, -0.2) is 0 Å². The first-order chi connectivity index (χ1) is 24.2. The Balaban J connectivity index is 1.13. The van der Waals surface area contributed by atoms with E-state index in [2.05, 4.69) is 187 Å². The molecular weight excluding hydrogens is 611 g/mol. The number of thiophene rings is 1. The summed E-state index contributed by atoms with van der Waals surface area (Å²) in [6.07, 6.45) is 15.8. The summed E-state index contributed by atoms with van der Waals surface area (Å²) >= 11 is 1.85. The second kappa shape index (κ2) is 12.2. The second-order valence-corrected chi connectivity index (χ2v) is 13.7. The fourth-order valence-electron chi connectivity index (χ4n) is 7.12. The minimum atomic E-state index is 0.965. The van der Waals surface area contributed by atoms with Gasteiger partial charge in [0, 0.05) is 37.2 Å². The van der Waals surface area contributed by atoms with Gasteiger partial charge < -0.3 is 4.90 Å². The van der Waals surface area contributed by atoms with Gasteiger partial charge in [-0.2, -0.15) is 0 Å². The van der Waals surface area contributed by atoms with Gasteiger partial charge in [-0.25, -0.2) is 0 Å². The van der Waals surface area contributed by atoms with Crippen LogP contribution in [0, 0.1) is 0 Å². The smallest absolute Gasteiger partial charge is 0.0476 e. The van der Waals surface area contributed by atoms with Crippen LogP contribution in [0.1, 0.15) is 12.0 Å². The maximum Gasteiger partial charge on any atom is 0.0476 e. The number of rotatable bonds is 6. The molecule has 8 aromatic rings. The zero-order valence-corrected chi connectivity index (χ0v) is 27.8. The Hall–Kier alpha value is -5.96. The molecular formula is C47H33NS. The fourth-order valence-corrected chi connectivity index (χ4v) is 8.26. The average molecular weight is 644 g/mol. The number of benzene rings is 7. The molecule has 0 N–H and O–H groups in total. The van der Waals surface area contributed by atoms with Crippen LogP contribution in [0.15, 0.2) is 188 Å². The van der Waals surface area contributed by atoms with E-state index < -0.39 is 0 Å². The lowest BCUT2D eigenvalue weighted by atomic mass is 9.96. The number of nitrogens with zero attached hydrogens (tertiary/aromatic N) is 1. The molecule has 0 fully saturated rings. The van der Waals surface area contributed by atoms with Crippen molar-refractivity contribution in [1.29, 1.82) is 0 Å². The van der Waals surface area contributed by atoms with E-state index in [0.29, 0.717) is 0 Å². The van der Waals surface area contributed by atoms with Gasteiger partial charge in [0.15, 0.2) is 0 Å². The summed E-state index contributed by atoms with van der Waals surface area (Å²) in [6.45, 7) is 4.37. The van der Waals surface area contributed by atoms with Gasteiger partial charge in [0.25, 0.3) is 0 Å². The van der Waals surface area contributed by atoms with Crippen LogP contribution in [0.4, 0.5) is 17.1 Å². The van der Waals surface area contributed by atoms with Crippen molar-refractivity contribution in [2.45, 2.75) is 6.42 Å². The predicted octanol–water partition coefficient (Wildman–Crippen LogP) is 14.0. The van der Waals surface area contributed by atoms with E-state index in [1.54, 1.807) is 0 Å². The Labute approximate surface area is 290 Å². The quantitative estimate of drug-likeness (QED) is 0.129. The van der Waals surface area contributed by atoms with Crippen molar-refractivity contribution in [3.8, 4) is 0 Å². The number of anilines is 3. The molecule has 7 aromatic carbocycles. The summed E-state index contributed by atoms with van der Waals surface area (Å²) in [7, 11) is 0. The lowest BCUT2D eigenvalue weighted by molar-refractivity contribution is 1.26. The topological polar surface area (TPSA) is 3.24 Å². The predicted molar refractivity (Wildman–Crippen MR) is 216 cm³/mol. The first-order valence-corrected chi connectivity index (χ1v) is 17.6.